The van der Waals surface area contributed by atoms with Crippen LogP contribution < -0.4 is 11.1 Å². The number of carbonyl (C=O) groups excluding carboxylic acids is 2. The Labute approximate surface area is 117 Å². The number of aryl methyl sites for hydroxylation is 1. The van der Waals surface area contributed by atoms with Crippen LogP contribution in [0.15, 0.2) is 18.2 Å². The van der Waals surface area contributed by atoms with Gasteiger partial charge in [0.25, 0.3) is 0 Å². The van der Waals surface area contributed by atoms with Gasteiger partial charge < -0.3 is 21.3 Å². The number of aliphatic hydroxyl groups excluding tert-OH is 2. The van der Waals surface area contributed by atoms with Crippen molar-refractivity contribution in [1.82, 2.24) is 4.90 Å². The third-order valence-electron chi connectivity index (χ3n) is 2.80. The van der Waals surface area contributed by atoms with Crippen LogP contribution in [0.5, 0.6) is 0 Å². The van der Waals surface area contributed by atoms with Crippen LogP contribution in [-0.4, -0.2) is 39.5 Å². The number of primary amides is 1. The predicted molar refractivity (Wildman–Crippen MR) is 73.9 cm³/mol. The lowest BCUT2D eigenvalue weighted by molar-refractivity contribution is -0.0479. The van der Waals surface area contributed by atoms with E-state index in [9.17, 15) is 19.8 Å². The van der Waals surface area contributed by atoms with Gasteiger partial charge in [-0.2, -0.15) is 0 Å². The summed E-state index contributed by atoms with van der Waals surface area (Å²) >= 11 is 0. The molecule has 5 N–H and O–H groups in total. The molecule has 0 aliphatic heterocycles. The van der Waals surface area contributed by atoms with Crippen molar-refractivity contribution in [3.8, 4) is 0 Å². The molecule has 0 bridgehead atoms. The molecule has 1 aromatic rings. The molecule has 0 heterocycles. The van der Waals surface area contributed by atoms with Crippen molar-refractivity contribution in [2.45, 2.75) is 33.2 Å². The number of carbonyl (C=O) groups is 2. The number of urea groups is 1. The quantitative estimate of drug-likeness (QED) is 0.605. The van der Waals surface area contributed by atoms with E-state index in [1.165, 1.54) is 19.9 Å². The SMILES string of the molecule is Cc1ccc(C(N)=O)cc1NC(=O)N(C(C)O)C(C)O. The molecule has 7 heteroatoms. The summed E-state index contributed by atoms with van der Waals surface area (Å²) in [6.45, 7) is 4.47. The van der Waals surface area contributed by atoms with Crippen molar-refractivity contribution in [2.24, 2.45) is 5.73 Å². The number of nitrogens with one attached hydrogen (secondary N) is 1. The van der Waals surface area contributed by atoms with E-state index in [0.29, 0.717) is 5.69 Å². The number of aliphatic hydroxyl groups is 2. The first kappa shape index (κ1) is 15.9. The lowest BCUT2D eigenvalue weighted by Gasteiger charge is -2.28. The van der Waals surface area contributed by atoms with Crippen molar-refractivity contribution >= 4 is 17.6 Å². The van der Waals surface area contributed by atoms with E-state index in [1.54, 1.807) is 19.1 Å². The normalized spacial score (nSPS) is 13.4. The summed E-state index contributed by atoms with van der Waals surface area (Å²) < 4.78 is 0. The second-order valence-corrected chi connectivity index (χ2v) is 4.50. The predicted octanol–water partition coefficient (Wildman–Crippen LogP) is 0.604. The Bertz CT molecular complexity index is 506. The second kappa shape index (κ2) is 6.36. The van der Waals surface area contributed by atoms with Crippen LogP contribution in [0.1, 0.15) is 29.8 Å². The second-order valence-electron chi connectivity index (χ2n) is 4.50. The summed E-state index contributed by atoms with van der Waals surface area (Å²) in [6.07, 6.45) is -2.32. The van der Waals surface area contributed by atoms with Gasteiger partial charge in [0.2, 0.25) is 5.91 Å². The van der Waals surface area contributed by atoms with Gasteiger partial charge in [-0.15, -0.1) is 0 Å². The first-order valence-corrected chi connectivity index (χ1v) is 6.10. The monoisotopic (exact) mass is 281 g/mol. The van der Waals surface area contributed by atoms with Crippen molar-refractivity contribution in [3.63, 3.8) is 0 Å². The van der Waals surface area contributed by atoms with Crippen molar-refractivity contribution in [2.75, 3.05) is 5.32 Å². The van der Waals surface area contributed by atoms with Crippen LogP contribution in [0.2, 0.25) is 0 Å². The Morgan fingerprint density at radius 2 is 1.80 bits per heavy atom. The summed E-state index contributed by atoms with van der Waals surface area (Å²) in [4.78, 5) is 24.0. The fraction of sp³-hybridized carbons (Fsp3) is 0.385. The van der Waals surface area contributed by atoms with Gasteiger partial charge in [0.15, 0.2) is 0 Å². The molecule has 7 nitrogen and oxygen atoms in total. The molecule has 0 radical (unpaired) electrons. The highest BCUT2D eigenvalue weighted by Crippen LogP contribution is 2.18. The van der Waals surface area contributed by atoms with Gasteiger partial charge in [-0.05, 0) is 38.5 Å². The Kier molecular flexibility index (Phi) is 5.06. The highest BCUT2D eigenvalue weighted by atomic mass is 16.3. The standard InChI is InChI=1S/C13H19N3O4/c1-7-4-5-10(12(14)19)6-11(7)15-13(20)16(8(2)17)9(3)18/h4-6,8-9,17-18H,1-3H3,(H2,14,19)(H,15,20). The minimum absolute atomic E-state index is 0.256. The summed E-state index contributed by atoms with van der Waals surface area (Å²) in [5, 5.41) is 21.5. The molecule has 0 fully saturated rings. The maximum absolute atomic E-state index is 12.0. The molecule has 2 unspecified atom stereocenters. The lowest BCUT2D eigenvalue weighted by atomic mass is 10.1. The molecular weight excluding hydrogens is 262 g/mol. The maximum Gasteiger partial charge on any atom is 0.325 e. The zero-order valence-corrected chi connectivity index (χ0v) is 11.6. The first-order valence-electron chi connectivity index (χ1n) is 6.10. The Morgan fingerprint density at radius 3 is 2.25 bits per heavy atom. The van der Waals surface area contributed by atoms with Gasteiger partial charge in [-0.1, -0.05) is 6.07 Å². The van der Waals surface area contributed by atoms with E-state index < -0.39 is 24.4 Å². The van der Waals surface area contributed by atoms with E-state index >= 15 is 0 Å². The molecule has 110 valence electrons. The van der Waals surface area contributed by atoms with Gasteiger partial charge in [0.05, 0.1) is 0 Å². The number of hydrogen-bond acceptors (Lipinski definition) is 4. The van der Waals surface area contributed by atoms with E-state index in [-0.39, 0.29) is 5.56 Å². The molecule has 0 saturated heterocycles. The average Bonchev–Trinajstić information content (AvgIpc) is 2.30. The zero-order valence-electron chi connectivity index (χ0n) is 11.6. The number of nitrogens with two attached hydrogens (primary N) is 1. The third kappa shape index (κ3) is 3.69. The zero-order chi connectivity index (χ0) is 15.4. The molecule has 0 saturated carbocycles. The fourth-order valence-corrected chi connectivity index (χ4v) is 1.74. The van der Waals surface area contributed by atoms with E-state index in [2.05, 4.69) is 5.32 Å². The summed E-state index contributed by atoms with van der Waals surface area (Å²) in [5.41, 5.74) is 6.54. The summed E-state index contributed by atoms with van der Waals surface area (Å²) in [5.74, 6) is -0.608. The molecule has 0 aromatic heterocycles. The molecule has 0 spiro atoms. The number of nitrogens with zero attached hydrogens (tertiary/aromatic N) is 1. The fourth-order valence-electron chi connectivity index (χ4n) is 1.74. The molecule has 0 aliphatic carbocycles. The molecule has 1 rings (SSSR count). The summed E-state index contributed by atoms with van der Waals surface area (Å²) in [6, 6.07) is 3.96. The van der Waals surface area contributed by atoms with Crippen LogP contribution in [0.4, 0.5) is 10.5 Å². The first-order chi connectivity index (χ1) is 9.23. The molecule has 1 aromatic carbocycles. The van der Waals surface area contributed by atoms with E-state index in [1.807, 2.05) is 0 Å². The minimum atomic E-state index is -1.16. The van der Waals surface area contributed by atoms with Gasteiger partial charge in [-0.25, -0.2) is 4.79 Å². The van der Waals surface area contributed by atoms with Gasteiger partial charge in [-0.3, -0.25) is 9.69 Å². The van der Waals surface area contributed by atoms with Gasteiger partial charge in [0.1, 0.15) is 12.5 Å². The highest BCUT2D eigenvalue weighted by Gasteiger charge is 2.23. The molecular formula is C13H19N3O4. The average molecular weight is 281 g/mol. The lowest BCUT2D eigenvalue weighted by Crippen LogP contribution is -2.47. The van der Waals surface area contributed by atoms with Gasteiger partial charge >= 0.3 is 6.03 Å². The van der Waals surface area contributed by atoms with Crippen LogP contribution in [-0.2, 0) is 0 Å². The topological polar surface area (TPSA) is 116 Å². The van der Waals surface area contributed by atoms with Crippen LogP contribution in [0.3, 0.4) is 0 Å². The third-order valence-corrected chi connectivity index (χ3v) is 2.80. The minimum Gasteiger partial charge on any atom is -0.374 e. The van der Waals surface area contributed by atoms with Crippen molar-refractivity contribution < 1.29 is 19.8 Å². The highest BCUT2D eigenvalue weighted by molar-refractivity contribution is 5.96. The Balaban J connectivity index is 3.00. The van der Waals surface area contributed by atoms with E-state index in [0.717, 1.165) is 10.5 Å². The molecule has 2 atom stereocenters. The largest absolute Gasteiger partial charge is 0.374 e. The molecule has 0 aliphatic rings. The maximum atomic E-state index is 12.0. The number of hydrogen-bond donors (Lipinski definition) is 4. The molecule has 3 amide bonds. The van der Waals surface area contributed by atoms with Crippen LogP contribution >= 0.6 is 0 Å². The Morgan fingerprint density at radius 1 is 1.25 bits per heavy atom. The number of anilines is 1. The molecule has 20 heavy (non-hydrogen) atoms. The smallest absolute Gasteiger partial charge is 0.325 e. The number of rotatable bonds is 4. The van der Waals surface area contributed by atoms with Gasteiger partial charge in [0, 0.05) is 11.3 Å². The van der Waals surface area contributed by atoms with Crippen molar-refractivity contribution in [3.05, 3.63) is 29.3 Å². The van der Waals surface area contributed by atoms with Crippen LogP contribution in [0, 0.1) is 6.92 Å². The number of benzene rings is 1. The summed E-state index contributed by atoms with van der Waals surface area (Å²) in [7, 11) is 0. The van der Waals surface area contributed by atoms with Crippen LogP contribution in [0.25, 0.3) is 0 Å². The van der Waals surface area contributed by atoms with Crippen molar-refractivity contribution in [1.29, 1.82) is 0 Å². The van der Waals surface area contributed by atoms with E-state index in [4.69, 9.17) is 5.73 Å². The number of amides is 3. The Hall–Kier alpha value is -2.12.